The second kappa shape index (κ2) is 20.1. The Morgan fingerprint density at radius 1 is 0.912 bits per heavy atom. The second-order valence-electron chi connectivity index (χ2n) is 9.65. The van der Waals surface area contributed by atoms with Crippen molar-refractivity contribution in [2.24, 2.45) is 5.92 Å². The molecule has 1 rings (SSSR count). The highest BCUT2D eigenvalue weighted by molar-refractivity contribution is 9.10. The lowest BCUT2D eigenvalue weighted by Gasteiger charge is -2.14. The highest BCUT2D eigenvalue weighted by Gasteiger charge is 2.15. The number of ether oxygens (including phenoxy) is 1. The normalized spacial score (nSPS) is 11.0. The number of nitrogens with one attached hydrogen (secondary N) is 2. The van der Waals surface area contributed by atoms with Crippen molar-refractivity contribution in [2.45, 2.75) is 111 Å². The van der Waals surface area contributed by atoms with Gasteiger partial charge in [-0.1, -0.05) is 120 Å². The van der Waals surface area contributed by atoms with Crippen molar-refractivity contribution in [1.82, 2.24) is 10.6 Å². The number of carbonyl (C=O) groups is 1. The lowest BCUT2D eigenvalue weighted by molar-refractivity contribution is 0.0972. The Hall–Kier alpha value is -1.14. The maximum atomic E-state index is 12.7. The monoisotopic (exact) mass is 554 g/mol. The molecule has 0 atom stereocenters. The number of rotatable bonds is 19. The van der Waals surface area contributed by atoms with Gasteiger partial charge in [0.05, 0.1) is 12.2 Å². The number of hydrogen-bond acceptors (Lipinski definition) is 3. The first-order valence-electron chi connectivity index (χ1n) is 13.5. The van der Waals surface area contributed by atoms with E-state index in [4.69, 9.17) is 17.0 Å². The van der Waals surface area contributed by atoms with E-state index in [1.807, 2.05) is 12.1 Å². The molecule has 0 unspecified atom stereocenters. The maximum Gasteiger partial charge on any atom is 0.261 e. The third-order valence-corrected chi connectivity index (χ3v) is 6.54. The topological polar surface area (TPSA) is 50.4 Å². The van der Waals surface area contributed by atoms with Crippen molar-refractivity contribution in [3.8, 4) is 5.75 Å². The molecule has 1 amide bonds. The first-order chi connectivity index (χ1) is 16.4. The van der Waals surface area contributed by atoms with Crippen LogP contribution in [0.2, 0.25) is 0 Å². The van der Waals surface area contributed by atoms with Crippen molar-refractivity contribution < 1.29 is 9.53 Å². The van der Waals surface area contributed by atoms with Gasteiger partial charge in [-0.2, -0.15) is 0 Å². The summed E-state index contributed by atoms with van der Waals surface area (Å²) in [6.07, 6.45) is 18.8. The van der Waals surface area contributed by atoms with Crippen LogP contribution in [0.1, 0.15) is 121 Å². The number of hydrogen-bond donors (Lipinski definition) is 2. The molecule has 0 aliphatic heterocycles. The van der Waals surface area contributed by atoms with Gasteiger partial charge in [0.25, 0.3) is 5.91 Å². The van der Waals surface area contributed by atoms with Gasteiger partial charge in [0, 0.05) is 11.0 Å². The zero-order valence-corrected chi connectivity index (χ0v) is 24.1. The summed E-state index contributed by atoms with van der Waals surface area (Å²) in [7, 11) is 0. The van der Waals surface area contributed by atoms with Crippen molar-refractivity contribution in [2.75, 3.05) is 13.2 Å². The predicted octanol–water partition coefficient (Wildman–Crippen LogP) is 8.57. The van der Waals surface area contributed by atoms with Crippen molar-refractivity contribution >= 4 is 39.2 Å². The summed E-state index contributed by atoms with van der Waals surface area (Å²) in [5.41, 5.74) is 0.482. The molecule has 0 fully saturated rings. The van der Waals surface area contributed by atoms with Gasteiger partial charge in [-0.3, -0.25) is 10.1 Å². The molecule has 0 aliphatic carbocycles. The lowest BCUT2D eigenvalue weighted by atomic mass is 10.0. The third-order valence-electron chi connectivity index (χ3n) is 5.80. The number of halogens is 1. The van der Waals surface area contributed by atoms with Gasteiger partial charge in [0.15, 0.2) is 5.11 Å². The predicted molar refractivity (Wildman–Crippen MR) is 153 cm³/mol. The molecule has 0 aliphatic rings. The van der Waals surface area contributed by atoms with Crippen LogP contribution in [0, 0.1) is 5.92 Å². The van der Waals surface area contributed by atoms with E-state index < -0.39 is 0 Å². The van der Waals surface area contributed by atoms with Crippen molar-refractivity contribution in [1.29, 1.82) is 0 Å². The maximum absolute atomic E-state index is 12.7. The van der Waals surface area contributed by atoms with Gasteiger partial charge in [-0.15, -0.1) is 0 Å². The molecule has 0 saturated heterocycles. The Balaban J connectivity index is 2.09. The third kappa shape index (κ3) is 15.7. The molecule has 0 radical (unpaired) electrons. The highest BCUT2D eigenvalue weighted by Crippen LogP contribution is 2.24. The Morgan fingerprint density at radius 2 is 1.44 bits per heavy atom. The van der Waals surface area contributed by atoms with Gasteiger partial charge in [0.1, 0.15) is 5.75 Å². The quantitative estimate of drug-likeness (QED) is 0.133. The summed E-state index contributed by atoms with van der Waals surface area (Å²) >= 11 is 8.75. The molecule has 0 spiro atoms. The Bertz CT molecular complexity index is 697. The number of thiocarbonyl (C=S) groups is 1. The van der Waals surface area contributed by atoms with Crippen molar-refractivity contribution in [3.63, 3.8) is 0 Å². The highest BCUT2D eigenvalue weighted by atomic mass is 79.9. The fourth-order valence-electron chi connectivity index (χ4n) is 3.80. The van der Waals surface area contributed by atoms with E-state index >= 15 is 0 Å². The molecule has 0 heterocycles. The molecular formula is C28H47BrN2O2S. The standard InChI is InChI=1S/C28H47BrN2O2S/c1-4-5-6-7-8-9-10-11-12-13-14-15-16-17-20-30-28(34)31-27(32)25-21-24(29)18-19-26(25)33-22-23(2)3/h18-19,21,23H,4-17,20,22H2,1-3H3,(H2,30,31,32,34). The van der Waals surface area contributed by atoms with E-state index in [9.17, 15) is 4.79 Å². The Labute approximate surface area is 222 Å². The molecule has 2 N–H and O–H groups in total. The molecule has 0 bridgehead atoms. The zero-order valence-electron chi connectivity index (χ0n) is 21.7. The SMILES string of the molecule is CCCCCCCCCCCCCCCCNC(=S)NC(=O)c1cc(Br)ccc1OCC(C)C. The second-order valence-corrected chi connectivity index (χ2v) is 11.0. The summed E-state index contributed by atoms with van der Waals surface area (Å²) in [5, 5.41) is 6.31. The van der Waals surface area contributed by atoms with Gasteiger partial charge in [-0.05, 0) is 42.8 Å². The first kappa shape index (κ1) is 30.9. The zero-order chi connectivity index (χ0) is 25.0. The molecule has 1 aromatic rings. The summed E-state index contributed by atoms with van der Waals surface area (Å²) in [6, 6.07) is 5.45. The molecule has 0 saturated carbocycles. The van der Waals surface area contributed by atoms with Crippen molar-refractivity contribution in [3.05, 3.63) is 28.2 Å². The molecule has 0 aromatic heterocycles. The number of benzene rings is 1. The van der Waals surface area contributed by atoms with Crippen LogP contribution in [0.4, 0.5) is 0 Å². The fourth-order valence-corrected chi connectivity index (χ4v) is 4.35. The fraction of sp³-hybridized carbons (Fsp3) is 0.714. The van der Waals surface area contributed by atoms with E-state index in [2.05, 4.69) is 47.3 Å². The van der Waals surface area contributed by atoms with E-state index in [0.29, 0.717) is 29.0 Å². The van der Waals surface area contributed by atoms with Gasteiger partial charge in [-0.25, -0.2) is 0 Å². The van der Waals surface area contributed by atoms with Gasteiger partial charge in [0.2, 0.25) is 0 Å². The van der Waals surface area contributed by atoms with Crippen LogP contribution in [-0.2, 0) is 0 Å². The molecule has 1 aromatic carbocycles. The largest absolute Gasteiger partial charge is 0.492 e. The minimum Gasteiger partial charge on any atom is -0.492 e. The summed E-state index contributed by atoms with van der Waals surface area (Å²) in [5.74, 6) is 0.704. The number of carbonyl (C=O) groups excluding carboxylic acids is 1. The number of unbranched alkanes of at least 4 members (excludes halogenated alkanes) is 13. The summed E-state index contributed by atoms with van der Waals surface area (Å²) < 4.78 is 6.63. The van der Waals surface area contributed by atoms with Crippen LogP contribution in [0.3, 0.4) is 0 Å². The Morgan fingerprint density at radius 3 is 1.97 bits per heavy atom. The van der Waals surface area contributed by atoms with Crippen LogP contribution < -0.4 is 15.4 Å². The smallest absolute Gasteiger partial charge is 0.261 e. The average molecular weight is 556 g/mol. The van der Waals surface area contributed by atoms with E-state index in [-0.39, 0.29) is 5.91 Å². The van der Waals surface area contributed by atoms with E-state index in [0.717, 1.165) is 17.4 Å². The van der Waals surface area contributed by atoms with Crippen LogP contribution in [0.5, 0.6) is 5.75 Å². The minimum absolute atomic E-state index is 0.251. The number of amides is 1. The Kier molecular flexibility index (Phi) is 18.3. The minimum atomic E-state index is -0.251. The van der Waals surface area contributed by atoms with Crippen LogP contribution in [0.25, 0.3) is 0 Å². The van der Waals surface area contributed by atoms with Gasteiger partial charge < -0.3 is 10.1 Å². The van der Waals surface area contributed by atoms with Crippen LogP contribution in [0.15, 0.2) is 22.7 Å². The first-order valence-corrected chi connectivity index (χ1v) is 14.7. The van der Waals surface area contributed by atoms with Crippen LogP contribution in [-0.4, -0.2) is 24.2 Å². The summed E-state index contributed by atoms with van der Waals surface area (Å²) in [4.78, 5) is 12.7. The average Bonchev–Trinajstić information content (AvgIpc) is 2.80. The van der Waals surface area contributed by atoms with E-state index in [1.165, 1.54) is 83.5 Å². The van der Waals surface area contributed by atoms with E-state index in [1.54, 1.807) is 6.07 Å². The lowest BCUT2D eigenvalue weighted by Crippen LogP contribution is -2.39. The molecule has 4 nitrogen and oxygen atoms in total. The molecule has 194 valence electrons. The van der Waals surface area contributed by atoms with Crippen LogP contribution >= 0.6 is 28.1 Å². The van der Waals surface area contributed by atoms with Gasteiger partial charge >= 0.3 is 0 Å². The molecule has 34 heavy (non-hydrogen) atoms. The summed E-state index contributed by atoms with van der Waals surface area (Å²) in [6.45, 7) is 7.77. The molecule has 6 heteroatoms. The molecular weight excluding hydrogens is 508 g/mol.